The smallest absolute Gasteiger partial charge is 0.311 e. The molecule has 4 nitrogen and oxygen atoms in total. The molecule has 1 aliphatic rings. The topological polar surface area (TPSA) is 71.4 Å². The molecule has 0 aliphatic carbocycles. The minimum atomic E-state index is -3.23. The highest BCUT2D eigenvalue weighted by Crippen LogP contribution is 2.37. The van der Waals surface area contributed by atoms with E-state index >= 15 is 0 Å². The lowest BCUT2D eigenvalue weighted by atomic mass is 9.79. The Morgan fingerprint density at radius 1 is 1.25 bits per heavy atom. The Bertz CT molecular complexity index is 637. The number of carbonyl (C=O) groups is 1. The van der Waals surface area contributed by atoms with Gasteiger partial charge in [0.25, 0.3) is 0 Å². The van der Waals surface area contributed by atoms with E-state index in [1.54, 1.807) is 0 Å². The number of hydrogen-bond donors (Lipinski definition) is 1. The molecule has 1 saturated heterocycles. The molecule has 0 amide bonds. The standard InChI is InChI=1S/C15H20O4S/c1-10-6-11(2)13(12(3)7-10)8-15(14(16)17)4-5-20(18,19)9-15/h6-7H,4-5,8-9H2,1-3H3,(H,16,17). The molecule has 2 rings (SSSR count). The van der Waals surface area contributed by atoms with Gasteiger partial charge in [0.2, 0.25) is 0 Å². The van der Waals surface area contributed by atoms with Crippen LogP contribution in [0.2, 0.25) is 0 Å². The van der Waals surface area contributed by atoms with Crippen molar-refractivity contribution in [2.75, 3.05) is 11.5 Å². The van der Waals surface area contributed by atoms with E-state index in [1.807, 2.05) is 32.9 Å². The van der Waals surface area contributed by atoms with E-state index in [-0.39, 0.29) is 17.9 Å². The zero-order valence-electron chi connectivity index (χ0n) is 12.1. The number of rotatable bonds is 3. The molecule has 1 fully saturated rings. The summed E-state index contributed by atoms with van der Waals surface area (Å²) in [5.41, 5.74) is 3.01. The first kappa shape index (κ1) is 15.0. The first-order valence-electron chi connectivity index (χ1n) is 6.66. The van der Waals surface area contributed by atoms with Crippen molar-refractivity contribution in [1.29, 1.82) is 0 Å². The van der Waals surface area contributed by atoms with Crippen LogP contribution < -0.4 is 0 Å². The van der Waals surface area contributed by atoms with E-state index in [1.165, 1.54) is 0 Å². The fourth-order valence-corrected chi connectivity index (χ4v) is 5.18. The third-order valence-corrected chi connectivity index (χ3v) is 6.02. The molecule has 0 saturated carbocycles. The normalized spacial score (nSPS) is 24.8. The quantitative estimate of drug-likeness (QED) is 0.926. The Morgan fingerprint density at radius 3 is 2.20 bits per heavy atom. The maximum atomic E-state index is 11.7. The van der Waals surface area contributed by atoms with Gasteiger partial charge in [-0.15, -0.1) is 0 Å². The van der Waals surface area contributed by atoms with Crippen LogP contribution in [0.15, 0.2) is 12.1 Å². The summed E-state index contributed by atoms with van der Waals surface area (Å²) in [7, 11) is -3.23. The van der Waals surface area contributed by atoms with Crippen molar-refractivity contribution in [3.8, 4) is 0 Å². The molecule has 1 aliphatic heterocycles. The summed E-state index contributed by atoms with van der Waals surface area (Å²) in [5.74, 6) is -1.27. The molecule has 1 unspecified atom stereocenters. The lowest BCUT2D eigenvalue weighted by Crippen LogP contribution is -2.35. The van der Waals surface area contributed by atoms with Gasteiger partial charge in [-0.25, -0.2) is 8.42 Å². The number of hydrogen-bond acceptors (Lipinski definition) is 3. The van der Waals surface area contributed by atoms with Crippen molar-refractivity contribution in [2.45, 2.75) is 33.6 Å². The van der Waals surface area contributed by atoms with E-state index in [2.05, 4.69) is 0 Å². The van der Waals surface area contributed by atoms with Crippen LogP contribution in [0.1, 0.15) is 28.7 Å². The second-order valence-corrected chi connectivity index (χ2v) is 8.17. The van der Waals surface area contributed by atoms with Crippen molar-refractivity contribution in [3.05, 3.63) is 34.4 Å². The van der Waals surface area contributed by atoms with Crippen LogP contribution in [0.4, 0.5) is 0 Å². The van der Waals surface area contributed by atoms with Crippen LogP contribution in [-0.4, -0.2) is 31.0 Å². The van der Waals surface area contributed by atoms with E-state index in [4.69, 9.17) is 0 Å². The van der Waals surface area contributed by atoms with Crippen LogP contribution in [0.3, 0.4) is 0 Å². The summed E-state index contributed by atoms with van der Waals surface area (Å²) < 4.78 is 23.4. The molecule has 1 N–H and O–H groups in total. The highest BCUT2D eigenvalue weighted by Gasteiger charge is 2.48. The summed E-state index contributed by atoms with van der Waals surface area (Å²) >= 11 is 0. The summed E-state index contributed by atoms with van der Waals surface area (Å²) in [6.07, 6.45) is 0.497. The van der Waals surface area contributed by atoms with Gasteiger partial charge in [0.1, 0.15) is 0 Å². The summed E-state index contributed by atoms with van der Waals surface area (Å²) in [4.78, 5) is 11.6. The first-order chi connectivity index (χ1) is 9.15. The van der Waals surface area contributed by atoms with Gasteiger partial charge >= 0.3 is 5.97 Å². The van der Waals surface area contributed by atoms with E-state index in [0.717, 1.165) is 22.3 Å². The van der Waals surface area contributed by atoms with E-state index in [9.17, 15) is 18.3 Å². The molecule has 0 bridgehead atoms. The maximum Gasteiger partial charge on any atom is 0.311 e. The van der Waals surface area contributed by atoms with Crippen LogP contribution in [0, 0.1) is 26.2 Å². The second-order valence-electron chi connectivity index (χ2n) is 5.98. The molecule has 110 valence electrons. The number of sulfone groups is 1. The van der Waals surface area contributed by atoms with Gasteiger partial charge in [0, 0.05) is 0 Å². The SMILES string of the molecule is Cc1cc(C)c(CC2(C(=O)O)CCS(=O)(=O)C2)c(C)c1. The van der Waals surface area contributed by atoms with Crippen molar-refractivity contribution in [3.63, 3.8) is 0 Å². The third-order valence-electron chi connectivity index (χ3n) is 4.20. The number of aliphatic carboxylic acids is 1. The van der Waals surface area contributed by atoms with Gasteiger partial charge in [-0.2, -0.15) is 0 Å². The average molecular weight is 296 g/mol. The molecule has 1 aromatic carbocycles. The third kappa shape index (κ3) is 2.73. The van der Waals surface area contributed by atoms with Crippen molar-refractivity contribution < 1.29 is 18.3 Å². The predicted molar refractivity (Wildman–Crippen MR) is 77.7 cm³/mol. The minimum absolute atomic E-state index is 0.0245. The average Bonchev–Trinajstić information content (AvgIpc) is 2.61. The van der Waals surface area contributed by atoms with Crippen molar-refractivity contribution >= 4 is 15.8 Å². The van der Waals surface area contributed by atoms with Crippen molar-refractivity contribution in [2.24, 2.45) is 5.41 Å². The summed E-state index contributed by atoms with van der Waals surface area (Å²) in [6, 6.07) is 4.03. The highest BCUT2D eigenvalue weighted by molar-refractivity contribution is 7.91. The zero-order valence-corrected chi connectivity index (χ0v) is 12.9. The summed E-state index contributed by atoms with van der Waals surface area (Å²) in [6.45, 7) is 5.90. The molecule has 1 aromatic rings. The van der Waals surface area contributed by atoms with E-state index < -0.39 is 21.2 Å². The Morgan fingerprint density at radius 2 is 1.80 bits per heavy atom. The van der Waals surface area contributed by atoms with Gasteiger partial charge < -0.3 is 5.11 Å². The Labute approximate surface area is 119 Å². The van der Waals surface area contributed by atoms with Gasteiger partial charge in [-0.3, -0.25) is 4.79 Å². The van der Waals surface area contributed by atoms with Gasteiger partial charge in [0.15, 0.2) is 9.84 Å². The molecule has 1 atom stereocenters. The molecule has 0 radical (unpaired) electrons. The lowest BCUT2D eigenvalue weighted by Gasteiger charge is -2.24. The van der Waals surface area contributed by atoms with Crippen LogP contribution in [0.25, 0.3) is 0 Å². The fraction of sp³-hybridized carbons (Fsp3) is 0.533. The molecular weight excluding hydrogens is 276 g/mol. The van der Waals surface area contributed by atoms with Crippen molar-refractivity contribution in [1.82, 2.24) is 0 Å². The van der Waals surface area contributed by atoms with Gasteiger partial charge in [-0.05, 0) is 50.3 Å². The largest absolute Gasteiger partial charge is 0.481 e. The van der Waals surface area contributed by atoms with Crippen LogP contribution >= 0.6 is 0 Å². The van der Waals surface area contributed by atoms with Gasteiger partial charge in [-0.1, -0.05) is 17.7 Å². The molecule has 0 aromatic heterocycles. The molecule has 1 heterocycles. The second kappa shape index (κ2) is 4.88. The van der Waals surface area contributed by atoms with Crippen LogP contribution in [0.5, 0.6) is 0 Å². The Kier molecular flexibility index (Phi) is 3.67. The molecule has 5 heteroatoms. The zero-order chi connectivity index (χ0) is 15.1. The lowest BCUT2D eigenvalue weighted by molar-refractivity contribution is -0.147. The maximum absolute atomic E-state index is 11.7. The highest BCUT2D eigenvalue weighted by atomic mass is 32.2. The van der Waals surface area contributed by atoms with E-state index in [0.29, 0.717) is 6.42 Å². The van der Waals surface area contributed by atoms with Gasteiger partial charge in [0.05, 0.1) is 16.9 Å². The monoisotopic (exact) mass is 296 g/mol. The first-order valence-corrected chi connectivity index (χ1v) is 8.48. The number of carboxylic acid groups (broad SMARTS) is 1. The molecular formula is C15H20O4S. The Balaban J connectivity index is 2.43. The van der Waals surface area contributed by atoms with Crippen LogP contribution in [-0.2, 0) is 21.1 Å². The fourth-order valence-electron chi connectivity index (χ4n) is 3.13. The Hall–Kier alpha value is -1.36. The minimum Gasteiger partial charge on any atom is -0.481 e. The summed E-state index contributed by atoms with van der Waals surface area (Å²) in [5, 5.41) is 9.53. The predicted octanol–water partition coefficient (Wildman–Crippen LogP) is 2.04. The molecule has 20 heavy (non-hydrogen) atoms. The number of carboxylic acids is 1. The molecule has 0 spiro atoms. The number of benzene rings is 1. The number of aryl methyl sites for hydroxylation is 3.